The van der Waals surface area contributed by atoms with E-state index >= 15 is 0 Å². The molecule has 1 rings (SSSR count). The fourth-order valence-corrected chi connectivity index (χ4v) is 1.64. The minimum absolute atomic E-state index is 0.292. The fraction of sp³-hybridized carbons (Fsp3) is 0.700. The highest BCUT2D eigenvalue weighted by atomic mass is 16.1. The molecule has 0 amide bonds. The van der Waals surface area contributed by atoms with Gasteiger partial charge < -0.3 is 0 Å². The Hall–Kier alpha value is -0.590. The van der Waals surface area contributed by atoms with Crippen molar-refractivity contribution in [3.05, 3.63) is 11.6 Å². The van der Waals surface area contributed by atoms with Gasteiger partial charge in [0.25, 0.3) is 0 Å². The summed E-state index contributed by atoms with van der Waals surface area (Å²) in [5.74, 6) is 1.16. The first-order valence-corrected chi connectivity index (χ1v) is 4.34. The van der Waals surface area contributed by atoms with Gasteiger partial charge in [0.05, 0.1) is 0 Å². The molecule has 0 radical (unpaired) electrons. The molecule has 0 N–H and O–H groups in total. The molecule has 0 spiro atoms. The summed E-state index contributed by atoms with van der Waals surface area (Å²) in [4.78, 5) is 11.5. The maximum absolute atomic E-state index is 11.5. The lowest BCUT2D eigenvalue weighted by atomic mass is 9.81. The molecule has 0 bridgehead atoms. The van der Waals surface area contributed by atoms with E-state index < -0.39 is 0 Å². The Bertz CT molecular complexity index is 189. The van der Waals surface area contributed by atoms with E-state index in [4.69, 9.17) is 0 Å². The van der Waals surface area contributed by atoms with Crippen molar-refractivity contribution >= 4 is 5.78 Å². The minimum atomic E-state index is 0.292. The Labute approximate surface area is 68.5 Å². The topological polar surface area (TPSA) is 17.1 Å². The molecule has 1 aliphatic rings. The van der Waals surface area contributed by atoms with Gasteiger partial charge in [-0.3, -0.25) is 4.79 Å². The predicted molar refractivity (Wildman–Crippen MR) is 46.3 cm³/mol. The van der Waals surface area contributed by atoms with Crippen LogP contribution in [-0.4, -0.2) is 5.78 Å². The van der Waals surface area contributed by atoms with Gasteiger partial charge in [-0.25, -0.2) is 0 Å². The third-order valence-electron chi connectivity index (χ3n) is 2.46. The van der Waals surface area contributed by atoms with E-state index in [9.17, 15) is 4.79 Å². The van der Waals surface area contributed by atoms with Crippen molar-refractivity contribution in [3.63, 3.8) is 0 Å². The zero-order valence-electron chi connectivity index (χ0n) is 7.55. The standard InChI is InChI=1S/C10H16O/c1-7(2)9-6-4-5-8(3)10(9)11/h5,7,9H,4,6H2,1-3H3. The normalized spacial score (nSPS) is 25.6. The SMILES string of the molecule is CC1=CCCC(C(C)C)C1=O. The van der Waals surface area contributed by atoms with Gasteiger partial charge in [-0.2, -0.15) is 0 Å². The third kappa shape index (κ3) is 1.70. The largest absolute Gasteiger partial charge is 0.294 e. The summed E-state index contributed by atoms with van der Waals surface area (Å²) >= 11 is 0. The van der Waals surface area contributed by atoms with Crippen molar-refractivity contribution < 1.29 is 4.79 Å². The summed E-state index contributed by atoms with van der Waals surface area (Å²) in [6.07, 6.45) is 4.19. The molecule has 1 heteroatoms. The predicted octanol–water partition coefficient (Wildman–Crippen LogP) is 2.57. The second-order valence-electron chi connectivity index (χ2n) is 3.68. The van der Waals surface area contributed by atoms with Crippen molar-refractivity contribution in [1.82, 2.24) is 0 Å². The number of hydrogen-bond donors (Lipinski definition) is 0. The van der Waals surface area contributed by atoms with Crippen molar-refractivity contribution in [2.45, 2.75) is 33.6 Å². The van der Waals surface area contributed by atoms with Crippen LogP contribution in [0.15, 0.2) is 11.6 Å². The highest BCUT2D eigenvalue weighted by Gasteiger charge is 2.24. The van der Waals surface area contributed by atoms with E-state index in [1.165, 1.54) is 0 Å². The van der Waals surface area contributed by atoms with Gasteiger partial charge in [-0.1, -0.05) is 19.9 Å². The molecule has 0 aliphatic heterocycles. The Balaban J connectivity index is 2.73. The first kappa shape index (κ1) is 8.51. The summed E-state index contributed by atoms with van der Waals surface area (Å²) in [6.45, 7) is 6.18. The molecular formula is C10H16O. The molecule has 1 aliphatic carbocycles. The Morgan fingerprint density at radius 1 is 1.55 bits per heavy atom. The second-order valence-corrected chi connectivity index (χ2v) is 3.68. The average Bonchev–Trinajstić information content (AvgIpc) is 1.94. The number of hydrogen-bond acceptors (Lipinski definition) is 1. The summed E-state index contributed by atoms with van der Waals surface area (Å²) in [6, 6.07) is 0. The van der Waals surface area contributed by atoms with Gasteiger partial charge in [-0.15, -0.1) is 0 Å². The van der Waals surface area contributed by atoms with Crippen molar-refractivity contribution in [3.8, 4) is 0 Å². The third-order valence-corrected chi connectivity index (χ3v) is 2.46. The molecule has 1 unspecified atom stereocenters. The summed E-state index contributed by atoms with van der Waals surface area (Å²) in [7, 11) is 0. The van der Waals surface area contributed by atoms with Crippen LogP contribution in [0.25, 0.3) is 0 Å². The van der Waals surface area contributed by atoms with Gasteiger partial charge in [-0.05, 0) is 31.3 Å². The van der Waals surface area contributed by atoms with E-state index in [1.54, 1.807) is 0 Å². The number of rotatable bonds is 1. The first-order chi connectivity index (χ1) is 5.13. The highest BCUT2D eigenvalue weighted by Crippen LogP contribution is 2.26. The van der Waals surface area contributed by atoms with Crippen LogP contribution in [0.4, 0.5) is 0 Å². The molecule has 11 heavy (non-hydrogen) atoms. The molecule has 0 heterocycles. The van der Waals surface area contributed by atoms with E-state index in [2.05, 4.69) is 19.9 Å². The molecule has 62 valence electrons. The maximum atomic E-state index is 11.5. The van der Waals surface area contributed by atoms with E-state index in [1.807, 2.05) is 6.92 Å². The van der Waals surface area contributed by atoms with Crippen LogP contribution >= 0.6 is 0 Å². The first-order valence-electron chi connectivity index (χ1n) is 4.34. The van der Waals surface area contributed by atoms with Gasteiger partial charge in [0.1, 0.15) is 0 Å². The molecule has 0 aromatic carbocycles. The number of ketones is 1. The van der Waals surface area contributed by atoms with Crippen LogP contribution in [0.2, 0.25) is 0 Å². The lowest BCUT2D eigenvalue weighted by Gasteiger charge is -2.22. The van der Waals surface area contributed by atoms with Crippen LogP contribution in [0.1, 0.15) is 33.6 Å². The highest BCUT2D eigenvalue weighted by molar-refractivity contribution is 5.97. The fourth-order valence-electron chi connectivity index (χ4n) is 1.64. The molecule has 1 nitrogen and oxygen atoms in total. The van der Waals surface area contributed by atoms with Crippen LogP contribution in [0.3, 0.4) is 0 Å². The molecule has 0 fully saturated rings. The van der Waals surface area contributed by atoms with Gasteiger partial charge in [0.15, 0.2) is 5.78 Å². The average molecular weight is 152 g/mol. The lowest BCUT2D eigenvalue weighted by Crippen LogP contribution is -2.23. The van der Waals surface area contributed by atoms with E-state index in [0.29, 0.717) is 17.6 Å². The maximum Gasteiger partial charge on any atom is 0.161 e. The molecule has 0 saturated carbocycles. The van der Waals surface area contributed by atoms with Gasteiger partial charge >= 0.3 is 0 Å². The second kappa shape index (κ2) is 3.21. The quantitative estimate of drug-likeness (QED) is 0.564. The smallest absolute Gasteiger partial charge is 0.161 e. The Morgan fingerprint density at radius 2 is 2.18 bits per heavy atom. The van der Waals surface area contributed by atoms with Crippen molar-refractivity contribution in [1.29, 1.82) is 0 Å². The number of carbonyl (C=O) groups excluding carboxylic acids is 1. The van der Waals surface area contributed by atoms with Crippen LogP contribution in [0.5, 0.6) is 0 Å². The number of Topliss-reactive ketones (excluding diaryl/α,β-unsaturated/α-hetero) is 1. The summed E-state index contributed by atoms with van der Waals surface area (Å²) in [5, 5.41) is 0. The van der Waals surface area contributed by atoms with Gasteiger partial charge in [0, 0.05) is 5.92 Å². The molecular weight excluding hydrogens is 136 g/mol. The van der Waals surface area contributed by atoms with Crippen LogP contribution in [-0.2, 0) is 4.79 Å². The number of carbonyl (C=O) groups is 1. The summed E-state index contributed by atoms with van der Waals surface area (Å²) < 4.78 is 0. The van der Waals surface area contributed by atoms with Crippen molar-refractivity contribution in [2.24, 2.45) is 11.8 Å². The molecule has 0 aromatic heterocycles. The van der Waals surface area contributed by atoms with Crippen molar-refractivity contribution in [2.75, 3.05) is 0 Å². The molecule has 0 aromatic rings. The summed E-state index contributed by atoms with van der Waals surface area (Å²) in [5.41, 5.74) is 0.968. The Kier molecular flexibility index (Phi) is 2.48. The lowest BCUT2D eigenvalue weighted by molar-refractivity contribution is -0.121. The monoisotopic (exact) mass is 152 g/mol. The zero-order chi connectivity index (χ0) is 8.43. The van der Waals surface area contributed by atoms with Crippen LogP contribution < -0.4 is 0 Å². The molecule has 1 atom stereocenters. The van der Waals surface area contributed by atoms with E-state index in [-0.39, 0.29) is 0 Å². The zero-order valence-corrected chi connectivity index (χ0v) is 7.55. The Morgan fingerprint density at radius 3 is 2.64 bits per heavy atom. The van der Waals surface area contributed by atoms with Crippen LogP contribution in [0, 0.1) is 11.8 Å². The van der Waals surface area contributed by atoms with E-state index in [0.717, 1.165) is 18.4 Å². The number of allylic oxidation sites excluding steroid dienone is 2. The minimum Gasteiger partial charge on any atom is -0.294 e. The molecule has 0 saturated heterocycles. The van der Waals surface area contributed by atoms with Gasteiger partial charge in [0.2, 0.25) is 0 Å².